The summed E-state index contributed by atoms with van der Waals surface area (Å²) in [5, 5.41) is 2.79. The number of benzene rings is 1. The van der Waals surface area contributed by atoms with Crippen LogP contribution in [0.15, 0.2) is 18.2 Å². The second kappa shape index (κ2) is 6.67. The van der Waals surface area contributed by atoms with Gasteiger partial charge in [-0.3, -0.25) is 14.5 Å². The lowest BCUT2D eigenvalue weighted by molar-refractivity contribution is -0.118. The highest BCUT2D eigenvalue weighted by molar-refractivity contribution is 6.03. The van der Waals surface area contributed by atoms with E-state index in [1.54, 1.807) is 18.2 Å². The van der Waals surface area contributed by atoms with Crippen LogP contribution in [0.1, 0.15) is 43.0 Å². The molecule has 0 aromatic heterocycles. The molecule has 6 heteroatoms. The van der Waals surface area contributed by atoms with Gasteiger partial charge in [-0.25, -0.2) is 0 Å². The van der Waals surface area contributed by atoms with Crippen LogP contribution in [0.2, 0.25) is 0 Å². The highest BCUT2D eigenvalue weighted by Crippen LogP contribution is 2.35. The Labute approximate surface area is 148 Å². The van der Waals surface area contributed by atoms with Crippen LogP contribution >= 0.6 is 0 Å². The van der Waals surface area contributed by atoms with Crippen LogP contribution in [-0.2, 0) is 4.79 Å². The molecule has 2 amide bonds. The molecule has 3 aliphatic rings. The highest BCUT2D eigenvalue weighted by Gasteiger charge is 2.40. The Balaban J connectivity index is 1.60. The zero-order valence-corrected chi connectivity index (χ0v) is 14.7. The molecule has 2 fully saturated rings. The summed E-state index contributed by atoms with van der Waals surface area (Å²) in [5.41, 5.74) is 1.15. The number of hydrogen-bond acceptors (Lipinski definition) is 4. The van der Waals surface area contributed by atoms with Gasteiger partial charge in [-0.2, -0.15) is 0 Å². The number of anilines is 1. The quantitative estimate of drug-likeness (QED) is 0.913. The average molecular weight is 343 g/mol. The number of fused-ring (bicyclic) bond motifs is 1. The summed E-state index contributed by atoms with van der Waals surface area (Å²) in [4.78, 5) is 29.3. The molecule has 3 heterocycles. The van der Waals surface area contributed by atoms with E-state index in [-0.39, 0.29) is 24.5 Å². The van der Waals surface area contributed by atoms with Crippen molar-refractivity contribution in [3.8, 4) is 5.75 Å². The molecule has 1 N–H and O–H groups in total. The first kappa shape index (κ1) is 16.4. The first-order chi connectivity index (χ1) is 12.2. The fraction of sp³-hybridized carbons (Fsp3) is 0.579. The third kappa shape index (κ3) is 2.88. The molecule has 0 bridgehead atoms. The molecule has 1 aromatic rings. The number of para-hydroxylation sites is 1. The van der Waals surface area contributed by atoms with E-state index in [0.717, 1.165) is 32.5 Å². The van der Waals surface area contributed by atoms with Gasteiger partial charge < -0.3 is 15.0 Å². The Bertz CT molecular complexity index is 690. The summed E-state index contributed by atoms with van der Waals surface area (Å²) in [5.74, 6) is 0.357. The number of likely N-dealkylation sites (tertiary alicyclic amines) is 2. The molecule has 0 saturated carbocycles. The van der Waals surface area contributed by atoms with Crippen molar-refractivity contribution in [1.29, 1.82) is 0 Å². The number of ether oxygens (including phenoxy) is 1. The maximum absolute atomic E-state index is 13.3. The molecular formula is C19H25N3O3. The van der Waals surface area contributed by atoms with E-state index in [4.69, 9.17) is 4.74 Å². The van der Waals surface area contributed by atoms with E-state index in [9.17, 15) is 9.59 Å². The minimum absolute atomic E-state index is 0.0263. The number of rotatable bonds is 3. The standard InChI is InChI=1S/C19H25N3O3/c1-2-21-10-4-8-15(21)16-9-5-11-22(16)19(24)13-6-3-7-14-18(13)25-12-17(23)20-14/h3,6-7,15-16H,2,4-5,8-12H2,1H3,(H,20,23). The van der Waals surface area contributed by atoms with Crippen molar-refractivity contribution in [3.05, 3.63) is 23.8 Å². The largest absolute Gasteiger partial charge is 0.481 e. The summed E-state index contributed by atoms with van der Waals surface area (Å²) >= 11 is 0. The van der Waals surface area contributed by atoms with Crippen molar-refractivity contribution in [3.63, 3.8) is 0 Å². The molecule has 2 atom stereocenters. The SMILES string of the molecule is CCN1CCCC1C1CCCN1C(=O)c1cccc2c1OCC(=O)N2. The molecule has 134 valence electrons. The second-order valence-electron chi connectivity index (χ2n) is 7.07. The Kier molecular flexibility index (Phi) is 4.37. The van der Waals surface area contributed by atoms with Crippen LogP contribution in [0.5, 0.6) is 5.75 Å². The fourth-order valence-electron chi connectivity index (χ4n) is 4.56. The van der Waals surface area contributed by atoms with E-state index in [1.807, 2.05) is 4.90 Å². The van der Waals surface area contributed by atoms with Gasteiger partial charge in [0, 0.05) is 18.6 Å². The summed E-state index contributed by atoms with van der Waals surface area (Å²) in [6, 6.07) is 6.14. The molecule has 0 aliphatic carbocycles. The Morgan fingerprint density at radius 1 is 1.24 bits per heavy atom. The Morgan fingerprint density at radius 2 is 2.04 bits per heavy atom. The molecule has 2 saturated heterocycles. The van der Waals surface area contributed by atoms with Gasteiger partial charge >= 0.3 is 0 Å². The first-order valence-electron chi connectivity index (χ1n) is 9.29. The number of likely N-dealkylation sites (N-methyl/N-ethyl adjacent to an activating group) is 1. The van der Waals surface area contributed by atoms with Crippen molar-refractivity contribution in [2.24, 2.45) is 0 Å². The van der Waals surface area contributed by atoms with Gasteiger partial charge in [0.05, 0.1) is 11.3 Å². The zero-order chi connectivity index (χ0) is 17.4. The molecule has 4 rings (SSSR count). The van der Waals surface area contributed by atoms with E-state index in [2.05, 4.69) is 17.1 Å². The normalized spacial score (nSPS) is 26.3. The summed E-state index contributed by atoms with van der Waals surface area (Å²) < 4.78 is 5.58. The number of carbonyl (C=O) groups is 2. The molecule has 6 nitrogen and oxygen atoms in total. The van der Waals surface area contributed by atoms with Crippen LogP contribution in [0.25, 0.3) is 0 Å². The van der Waals surface area contributed by atoms with Crippen molar-refractivity contribution in [1.82, 2.24) is 9.80 Å². The third-order valence-corrected chi connectivity index (χ3v) is 5.69. The lowest BCUT2D eigenvalue weighted by atomic mass is 10.0. The highest BCUT2D eigenvalue weighted by atomic mass is 16.5. The van der Waals surface area contributed by atoms with E-state index in [0.29, 0.717) is 23.0 Å². The van der Waals surface area contributed by atoms with Crippen LogP contribution in [-0.4, -0.2) is 59.9 Å². The number of hydrogen-bond donors (Lipinski definition) is 1. The topological polar surface area (TPSA) is 61.9 Å². The van der Waals surface area contributed by atoms with Crippen LogP contribution in [0, 0.1) is 0 Å². The van der Waals surface area contributed by atoms with E-state index >= 15 is 0 Å². The number of carbonyl (C=O) groups excluding carboxylic acids is 2. The van der Waals surface area contributed by atoms with Crippen molar-refractivity contribution >= 4 is 17.5 Å². The van der Waals surface area contributed by atoms with Gasteiger partial charge in [0.15, 0.2) is 12.4 Å². The minimum Gasteiger partial charge on any atom is -0.481 e. The van der Waals surface area contributed by atoms with Crippen LogP contribution in [0.4, 0.5) is 5.69 Å². The predicted octanol–water partition coefficient (Wildman–Crippen LogP) is 2.11. The van der Waals surface area contributed by atoms with Crippen LogP contribution in [0.3, 0.4) is 0 Å². The summed E-state index contributed by atoms with van der Waals surface area (Å²) in [7, 11) is 0. The number of amides is 2. The molecule has 0 spiro atoms. The lowest BCUT2D eigenvalue weighted by Crippen LogP contribution is -2.48. The summed E-state index contributed by atoms with van der Waals surface area (Å²) in [6.45, 7) is 5.14. The van der Waals surface area contributed by atoms with Gasteiger partial charge in [-0.05, 0) is 50.9 Å². The monoisotopic (exact) mass is 343 g/mol. The van der Waals surface area contributed by atoms with Crippen LogP contribution < -0.4 is 10.1 Å². The van der Waals surface area contributed by atoms with Gasteiger partial charge in [0.25, 0.3) is 11.8 Å². The van der Waals surface area contributed by atoms with E-state index in [1.165, 1.54) is 12.8 Å². The third-order valence-electron chi connectivity index (χ3n) is 5.69. The first-order valence-corrected chi connectivity index (χ1v) is 9.29. The molecular weight excluding hydrogens is 318 g/mol. The molecule has 0 radical (unpaired) electrons. The zero-order valence-electron chi connectivity index (χ0n) is 14.7. The maximum Gasteiger partial charge on any atom is 0.262 e. The van der Waals surface area contributed by atoms with Crippen molar-refractivity contribution in [2.75, 3.05) is 31.6 Å². The van der Waals surface area contributed by atoms with Gasteiger partial charge in [0.2, 0.25) is 0 Å². The van der Waals surface area contributed by atoms with Gasteiger partial charge in [-0.1, -0.05) is 13.0 Å². The molecule has 2 unspecified atom stereocenters. The predicted molar refractivity (Wildman–Crippen MR) is 94.9 cm³/mol. The Morgan fingerprint density at radius 3 is 2.88 bits per heavy atom. The molecule has 25 heavy (non-hydrogen) atoms. The van der Waals surface area contributed by atoms with Crippen molar-refractivity contribution in [2.45, 2.75) is 44.7 Å². The van der Waals surface area contributed by atoms with Gasteiger partial charge in [-0.15, -0.1) is 0 Å². The number of nitrogens with zero attached hydrogens (tertiary/aromatic N) is 2. The molecule has 3 aliphatic heterocycles. The maximum atomic E-state index is 13.3. The minimum atomic E-state index is -0.180. The van der Waals surface area contributed by atoms with Gasteiger partial charge in [0.1, 0.15) is 0 Å². The van der Waals surface area contributed by atoms with Crippen molar-refractivity contribution < 1.29 is 14.3 Å². The lowest BCUT2D eigenvalue weighted by Gasteiger charge is -2.35. The average Bonchev–Trinajstić information content (AvgIpc) is 3.28. The number of nitrogens with one attached hydrogen (secondary N) is 1. The van der Waals surface area contributed by atoms with E-state index < -0.39 is 0 Å². The fourth-order valence-corrected chi connectivity index (χ4v) is 4.56. The Hall–Kier alpha value is -2.08. The smallest absolute Gasteiger partial charge is 0.262 e. The summed E-state index contributed by atoms with van der Waals surface area (Å²) in [6.07, 6.45) is 4.51. The molecule has 1 aromatic carbocycles. The second-order valence-corrected chi connectivity index (χ2v) is 7.07.